The van der Waals surface area contributed by atoms with E-state index in [1.54, 1.807) is 11.8 Å². The summed E-state index contributed by atoms with van der Waals surface area (Å²) < 4.78 is 6.94. The second-order valence-corrected chi connectivity index (χ2v) is 4.13. The van der Waals surface area contributed by atoms with E-state index in [9.17, 15) is 0 Å². The maximum atomic E-state index is 5.82. The van der Waals surface area contributed by atoms with Gasteiger partial charge >= 0.3 is 0 Å². The molecule has 5 heteroatoms. The molecule has 17 heavy (non-hydrogen) atoms. The minimum absolute atomic E-state index is 0.260. The number of rotatable bonds is 3. The van der Waals surface area contributed by atoms with E-state index in [1.165, 1.54) is 0 Å². The van der Waals surface area contributed by atoms with Gasteiger partial charge in [0.25, 0.3) is 0 Å². The van der Waals surface area contributed by atoms with Gasteiger partial charge in [-0.2, -0.15) is 0 Å². The largest absolute Gasteiger partial charge is 0.497 e. The summed E-state index contributed by atoms with van der Waals surface area (Å²) in [6, 6.07) is 7.65. The molecule has 0 amide bonds. The van der Waals surface area contributed by atoms with Gasteiger partial charge in [0.15, 0.2) is 5.82 Å². The number of nitrogens with zero attached hydrogens (tertiary/aromatic N) is 3. The summed E-state index contributed by atoms with van der Waals surface area (Å²) in [6.07, 6.45) is 0. The molecule has 0 unspecified atom stereocenters. The molecule has 5 nitrogen and oxygen atoms in total. The average Bonchev–Trinajstić information content (AvgIpc) is 2.71. The number of ether oxygens (including phenoxy) is 1. The summed E-state index contributed by atoms with van der Waals surface area (Å²) in [5.74, 6) is 1.52. The molecular weight excluding hydrogens is 216 g/mol. The number of aromatic nitrogens is 3. The van der Waals surface area contributed by atoms with Crippen LogP contribution in [0.2, 0.25) is 0 Å². The topological polar surface area (TPSA) is 66.0 Å². The van der Waals surface area contributed by atoms with E-state index in [-0.39, 0.29) is 5.92 Å². The van der Waals surface area contributed by atoms with Crippen molar-refractivity contribution in [3.05, 3.63) is 30.0 Å². The highest BCUT2D eigenvalue weighted by Crippen LogP contribution is 2.24. The average molecular weight is 232 g/mol. The van der Waals surface area contributed by atoms with Crippen LogP contribution >= 0.6 is 0 Å². The molecule has 2 N–H and O–H groups in total. The van der Waals surface area contributed by atoms with Crippen LogP contribution < -0.4 is 10.5 Å². The standard InChI is InChI=1S/C12H16N4O/c1-8(2)11-12(13)14-15-16(11)9-5-4-6-10(7-9)17-3/h4-8H,13H2,1-3H3. The van der Waals surface area contributed by atoms with Crippen LogP contribution in [0.15, 0.2) is 24.3 Å². The highest BCUT2D eigenvalue weighted by molar-refractivity contribution is 5.45. The van der Waals surface area contributed by atoms with Crippen molar-refractivity contribution < 1.29 is 4.74 Å². The van der Waals surface area contributed by atoms with Gasteiger partial charge in [-0.1, -0.05) is 25.1 Å². The van der Waals surface area contributed by atoms with Gasteiger partial charge in [-0.3, -0.25) is 0 Å². The lowest BCUT2D eigenvalue weighted by Crippen LogP contribution is -2.05. The molecular formula is C12H16N4O. The first-order valence-corrected chi connectivity index (χ1v) is 5.49. The fourth-order valence-corrected chi connectivity index (χ4v) is 1.77. The Labute approximate surface area is 100 Å². The quantitative estimate of drug-likeness (QED) is 0.878. The van der Waals surface area contributed by atoms with Crippen molar-refractivity contribution in [3.63, 3.8) is 0 Å². The minimum atomic E-state index is 0.260. The zero-order valence-electron chi connectivity index (χ0n) is 10.2. The predicted molar refractivity (Wildman–Crippen MR) is 66.4 cm³/mol. The van der Waals surface area contributed by atoms with Crippen molar-refractivity contribution in [2.45, 2.75) is 19.8 Å². The first-order valence-electron chi connectivity index (χ1n) is 5.49. The summed E-state index contributed by atoms with van der Waals surface area (Å²) in [4.78, 5) is 0. The van der Waals surface area contributed by atoms with Crippen LogP contribution in [0.25, 0.3) is 5.69 Å². The van der Waals surface area contributed by atoms with Crippen LogP contribution in [0.3, 0.4) is 0 Å². The molecule has 90 valence electrons. The van der Waals surface area contributed by atoms with Gasteiger partial charge < -0.3 is 10.5 Å². The van der Waals surface area contributed by atoms with E-state index in [0.717, 1.165) is 17.1 Å². The van der Waals surface area contributed by atoms with Crippen LogP contribution in [-0.4, -0.2) is 22.1 Å². The van der Waals surface area contributed by atoms with Crippen molar-refractivity contribution in [2.24, 2.45) is 0 Å². The summed E-state index contributed by atoms with van der Waals surface area (Å²) in [5, 5.41) is 7.99. The van der Waals surface area contributed by atoms with Crippen molar-refractivity contribution in [2.75, 3.05) is 12.8 Å². The van der Waals surface area contributed by atoms with Crippen LogP contribution in [0.5, 0.6) is 5.75 Å². The Morgan fingerprint density at radius 1 is 1.35 bits per heavy atom. The monoisotopic (exact) mass is 232 g/mol. The first kappa shape index (κ1) is 11.4. The van der Waals surface area contributed by atoms with E-state index in [1.807, 2.05) is 24.3 Å². The molecule has 0 radical (unpaired) electrons. The van der Waals surface area contributed by atoms with Gasteiger partial charge in [-0.25, -0.2) is 4.68 Å². The lowest BCUT2D eigenvalue weighted by Gasteiger charge is -2.10. The molecule has 1 heterocycles. The summed E-state index contributed by atoms with van der Waals surface area (Å²) >= 11 is 0. The Balaban J connectivity index is 2.52. The van der Waals surface area contributed by atoms with E-state index >= 15 is 0 Å². The molecule has 0 bridgehead atoms. The summed E-state index contributed by atoms with van der Waals surface area (Å²) in [6.45, 7) is 4.12. The third-order valence-electron chi connectivity index (χ3n) is 2.58. The van der Waals surface area contributed by atoms with Crippen LogP contribution in [-0.2, 0) is 0 Å². The maximum absolute atomic E-state index is 5.82. The lowest BCUT2D eigenvalue weighted by molar-refractivity contribution is 0.414. The fraction of sp³-hybridized carbons (Fsp3) is 0.333. The normalized spacial score (nSPS) is 10.8. The van der Waals surface area contributed by atoms with Crippen molar-refractivity contribution in [1.82, 2.24) is 15.0 Å². The Morgan fingerprint density at radius 3 is 2.76 bits per heavy atom. The van der Waals surface area contributed by atoms with Crippen LogP contribution in [0, 0.1) is 0 Å². The molecule has 0 atom stereocenters. The second kappa shape index (κ2) is 4.45. The first-order chi connectivity index (χ1) is 8.13. The van der Waals surface area contributed by atoms with E-state index in [0.29, 0.717) is 5.82 Å². The van der Waals surface area contributed by atoms with E-state index < -0.39 is 0 Å². The van der Waals surface area contributed by atoms with Crippen molar-refractivity contribution in [1.29, 1.82) is 0 Å². The maximum Gasteiger partial charge on any atom is 0.169 e. The van der Waals surface area contributed by atoms with Gasteiger partial charge in [0.05, 0.1) is 18.5 Å². The van der Waals surface area contributed by atoms with Gasteiger partial charge in [0.2, 0.25) is 0 Å². The zero-order valence-corrected chi connectivity index (χ0v) is 10.2. The highest BCUT2D eigenvalue weighted by Gasteiger charge is 2.15. The Hall–Kier alpha value is -2.04. The highest BCUT2D eigenvalue weighted by atomic mass is 16.5. The number of nitrogen functional groups attached to an aromatic ring is 1. The van der Waals surface area contributed by atoms with Gasteiger partial charge in [-0.05, 0) is 18.1 Å². The molecule has 0 saturated carbocycles. The lowest BCUT2D eigenvalue weighted by atomic mass is 10.1. The molecule has 0 fully saturated rings. The SMILES string of the molecule is COc1cccc(-n2nnc(N)c2C(C)C)c1. The number of nitrogens with two attached hydrogens (primary N) is 1. The summed E-state index contributed by atoms with van der Waals surface area (Å²) in [7, 11) is 1.64. The number of anilines is 1. The smallest absolute Gasteiger partial charge is 0.169 e. The second-order valence-electron chi connectivity index (χ2n) is 4.13. The molecule has 1 aromatic heterocycles. The third-order valence-corrected chi connectivity index (χ3v) is 2.58. The fourth-order valence-electron chi connectivity index (χ4n) is 1.77. The van der Waals surface area contributed by atoms with Crippen LogP contribution in [0.4, 0.5) is 5.82 Å². The Bertz CT molecular complexity index is 519. The number of benzene rings is 1. The van der Waals surface area contributed by atoms with Gasteiger partial charge in [-0.15, -0.1) is 5.10 Å². The molecule has 2 rings (SSSR count). The Morgan fingerprint density at radius 2 is 2.12 bits per heavy atom. The van der Waals surface area contributed by atoms with Crippen molar-refractivity contribution in [3.8, 4) is 11.4 Å². The summed E-state index contributed by atoms with van der Waals surface area (Å²) in [5.41, 5.74) is 7.64. The van der Waals surface area contributed by atoms with E-state index in [2.05, 4.69) is 24.2 Å². The molecule has 0 saturated heterocycles. The van der Waals surface area contributed by atoms with Crippen molar-refractivity contribution >= 4 is 5.82 Å². The minimum Gasteiger partial charge on any atom is -0.497 e. The molecule has 2 aromatic rings. The van der Waals surface area contributed by atoms with Gasteiger partial charge in [0.1, 0.15) is 5.75 Å². The van der Waals surface area contributed by atoms with Gasteiger partial charge in [0, 0.05) is 6.07 Å². The molecule has 1 aromatic carbocycles. The predicted octanol–water partition coefficient (Wildman–Crippen LogP) is 1.98. The Kier molecular flexibility index (Phi) is 2.99. The number of methoxy groups -OCH3 is 1. The number of hydrogen-bond donors (Lipinski definition) is 1. The molecule has 0 aliphatic carbocycles. The molecule has 0 spiro atoms. The molecule has 0 aliphatic heterocycles. The van der Waals surface area contributed by atoms with Crippen LogP contribution in [0.1, 0.15) is 25.5 Å². The zero-order chi connectivity index (χ0) is 12.4. The molecule has 0 aliphatic rings. The third kappa shape index (κ3) is 2.08. The van der Waals surface area contributed by atoms with E-state index in [4.69, 9.17) is 10.5 Å². The number of hydrogen-bond acceptors (Lipinski definition) is 4.